The van der Waals surface area contributed by atoms with Gasteiger partial charge in [-0.1, -0.05) is 48.5 Å². The Bertz CT molecular complexity index is 1160. The maximum absolute atomic E-state index is 14.1. The van der Waals surface area contributed by atoms with Gasteiger partial charge in [-0.3, -0.25) is 24.0 Å². The SMILES string of the molecule is CC(C)CC(NC(=O)[C@@H]1[C@@H]2[C@H](CN1C(=O)[C@@H](NC(=O)OC(C)(C)C)C(C)(C)C)C2(C)C)C(=O)C(=O)NCCC(=O)OC(C)(C)C. The number of piperidine rings is 1. The molecule has 1 heterocycles. The Morgan fingerprint density at radius 1 is 0.867 bits per heavy atom. The number of fused-ring (bicyclic) bond motifs is 1. The summed E-state index contributed by atoms with van der Waals surface area (Å²) in [4.78, 5) is 80.3. The summed E-state index contributed by atoms with van der Waals surface area (Å²) in [6.45, 7) is 23.9. The second kappa shape index (κ2) is 13.7. The normalized spacial score (nSPS) is 22.1. The second-order valence-corrected chi connectivity index (χ2v) is 16.5. The first kappa shape index (κ1) is 38.0. The number of hydrogen-bond donors (Lipinski definition) is 3. The van der Waals surface area contributed by atoms with Crippen LogP contribution in [0.2, 0.25) is 0 Å². The lowest BCUT2D eigenvalue weighted by Crippen LogP contribution is -2.61. The lowest BCUT2D eigenvalue weighted by atomic mass is 9.85. The molecular weight excluding hydrogens is 580 g/mol. The van der Waals surface area contributed by atoms with Crippen molar-refractivity contribution in [3.8, 4) is 0 Å². The van der Waals surface area contributed by atoms with E-state index < -0.39 is 70.3 Å². The molecule has 1 aliphatic heterocycles. The minimum Gasteiger partial charge on any atom is -0.460 e. The largest absolute Gasteiger partial charge is 0.460 e. The van der Waals surface area contributed by atoms with Crippen LogP contribution in [0, 0.1) is 28.6 Å². The molecule has 256 valence electrons. The first-order valence-electron chi connectivity index (χ1n) is 15.9. The Balaban J connectivity index is 2.24. The van der Waals surface area contributed by atoms with Crippen molar-refractivity contribution in [2.24, 2.45) is 28.6 Å². The third-order valence-electron chi connectivity index (χ3n) is 8.13. The zero-order chi connectivity index (χ0) is 34.9. The molecule has 0 bridgehead atoms. The number of likely N-dealkylation sites (tertiary alicyclic amines) is 1. The Hall–Kier alpha value is -3.18. The van der Waals surface area contributed by atoms with E-state index in [2.05, 4.69) is 16.0 Å². The van der Waals surface area contributed by atoms with Crippen LogP contribution in [-0.2, 0) is 33.4 Å². The summed E-state index contributed by atoms with van der Waals surface area (Å²) in [6.07, 6.45) is -0.643. The minimum absolute atomic E-state index is 0.0384. The highest BCUT2D eigenvalue weighted by molar-refractivity contribution is 6.38. The standard InChI is InChI=1S/C33H56N4O8/c1-18(2)16-20(24(39)27(41)34-15-14-21(38)44-31(6,7)8)35-26(40)23-22-19(33(22,12)13)17-37(23)28(42)25(30(3,4)5)36-29(43)45-32(9,10)11/h18-20,22-23,25H,14-17H2,1-13H3,(H,34,41)(H,35,40)(H,36,43)/t19-,20?,22-,23-,25+/m0/s1. The third-order valence-corrected chi connectivity index (χ3v) is 8.13. The Labute approximate surface area is 268 Å². The van der Waals surface area contributed by atoms with Gasteiger partial charge in [-0.2, -0.15) is 0 Å². The molecular formula is C33H56N4O8. The number of hydrogen-bond acceptors (Lipinski definition) is 8. The first-order valence-corrected chi connectivity index (χ1v) is 15.9. The topological polar surface area (TPSA) is 160 Å². The average molecular weight is 637 g/mol. The molecule has 1 saturated heterocycles. The van der Waals surface area contributed by atoms with Crippen molar-refractivity contribution >= 4 is 35.6 Å². The van der Waals surface area contributed by atoms with Crippen LogP contribution in [0.25, 0.3) is 0 Å². The van der Waals surface area contributed by atoms with Crippen molar-refractivity contribution in [3.05, 3.63) is 0 Å². The minimum atomic E-state index is -1.13. The fourth-order valence-electron chi connectivity index (χ4n) is 5.93. The summed E-state index contributed by atoms with van der Waals surface area (Å²) in [5.41, 5.74) is -2.35. The molecule has 0 spiro atoms. The molecule has 0 aromatic rings. The third kappa shape index (κ3) is 10.4. The molecule has 12 heteroatoms. The van der Waals surface area contributed by atoms with Crippen LogP contribution in [0.1, 0.15) is 103 Å². The highest BCUT2D eigenvalue weighted by Gasteiger charge is 2.70. The fraction of sp³-hybridized carbons (Fsp3) is 0.818. The van der Waals surface area contributed by atoms with E-state index >= 15 is 0 Å². The van der Waals surface area contributed by atoms with E-state index in [4.69, 9.17) is 9.47 Å². The van der Waals surface area contributed by atoms with Crippen LogP contribution >= 0.6 is 0 Å². The van der Waals surface area contributed by atoms with Crippen LogP contribution in [0.4, 0.5) is 4.79 Å². The number of nitrogens with zero attached hydrogens (tertiary/aromatic N) is 1. The maximum atomic E-state index is 14.1. The smallest absolute Gasteiger partial charge is 0.408 e. The predicted octanol–water partition coefficient (Wildman–Crippen LogP) is 3.36. The number of esters is 1. The Morgan fingerprint density at radius 3 is 1.91 bits per heavy atom. The molecule has 0 aromatic heterocycles. The zero-order valence-corrected chi connectivity index (χ0v) is 29.5. The van der Waals surface area contributed by atoms with E-state index in [0.29, 0.717) is 6.54 Å². The van der Waals surface area contributed by atoms with E-state index in [9.17, 15) is 28.8 Å². The summed E-state index contributed by atoms with van der Waals surface area (Å²) in [7, 11) is 0. The lowest BCUT2D eigenvalue weighted by molar-refractivity contribution is -0.154. The van der Waals surface area contributed by atoms with Gasteiger partial charge in [0.05, 0.1) is 12.5 Å². The van der Waals surface area contributed by atoms with Crippen molar-refractivity contribution in [3.63, 3.8) is 0 Å². The molecule has 1 saturated carbocycles. The molecule has 0 aromatic carbocycles. The quantitative estimate of drug-likeness (QED) is 0.230. The number of amides is 4. The van der Waals surface area contributed by atoms with Crippen molar-refractivity contribution in [1.29, 1.82) is 0 Å². The zero-order valence-electron chi connectivity index (χ0n) is 29.5. The van der Waals surface area contributed by atoms with Crippen molar-refractivity contribution < 1.29 is 38.2 Å². The molecule has 0 radical (unpaired) electrons. The lowest BCUT2D eigenvalue weighted by Gasteiger charge is -2.38. The number of Topliss-reactive ketones (excluding diaryl/α,β-unsaturated/α-hetero) is 1. The maximum Gasteiger partial charge on any atom is 0.408 e. The second-order valence-electron chi connectivity index (χ2n) is 16.5. The molecule has 5 atom stereocenters. The van der Waals surface area contributed by atoms with Gasteiger partial charge < -0.3 is 30.3 Å². The van der Waals surface area contributed by atoms with E-state index in [1.807, 2.05) is 48.5 Å². The first-order chi connectivity index (χ1) is 20.3. The number of alkyl carbamates (subject to hydrolysis) is 1. The van der Waals surface area contributed by atoms with Gasteiger partial charge in [-0.05, 0) is 76.5 Å². The van der Waals surface area contributed by atoms with E-state index in [0.717, 1.165) is 0 Å². The van der Waals surface area contributed by atoms with Crippen LogP contribution in [0.15, 0.2) is 0 Å². The number of ether oxygens (including phenoxy) is 2. The van der Waals surface area contributed by atoms with Gasteiger partial charge in [0, 0.05) is 13.1 Å². The van der Waals surface area contributed by atoms with Gasteiger partial charge in [0.15, 0.2) is 0 Å². The molecule has 1 unspecified atom stereocenters. The van der Waals surface area contributed by atoms with Crippen molar-refractivity contribution in [2.45, 2.75) is 132 Å². The van der Waals surface area contributed by atoms with Crippen LogP contribution in [-0.4, -0.2) is 82.9 Å². The van der Waals surface area contributed by atoms with Crippen LogP contribution in [0.3, 0.4) is 0 Å². The number of nitrogens with one attached hydrogen (secondary N) is 3. The Morgan fingerprint density at radius 2 is 1.42 bits per heavy atom. The van der Waals surface area contributed by atoms with E-state index in [1.54, 1.807) is 41.5 Å². The fourth-order valence-corrected chi connectivity index (χ4v) is 5.93. The summed E-state index contributed by atoms with van der Waals surface area (Å²) in [5, 5.41) is 7.96. The van der Waals surface area contributed by atoms with Gasteiger partial charge >= 0.3 is 12.1 Å². The molecule has 1 aliphatic carbocycles. The van der Waals surface area contributed by atoms with Crippen LogP contribution < -0.4 is 16.0 Å². The summed E-state index contributed by atoms with van der Waals surface area (Å²) >= 11 is 0. The monoisotopic (exact) mass is 636 g/mol. The molecule has 2 fully saturated rings. The van der Waals surface area contributed by atoms with Crippen molar-refractivity contribution in [1.82, 2.24) is 20.9 Å². The van der Waals surface area contributed by atoms with Crippen molar-refractivity contribution in [2.75, 3.05) is 13.1 Å². The summed E-state index contributed by atoms with van der Waals surface area (Å²) in [5.74, 6) is -3.32. The van der Waals surface area contributed by atoms with Gasteiger partial charge in [0.2, 0.25) is 17.6 Å². The molecule has 45 heavy (non-hydrogen) atoms. The number of carbonyl (C=O) groups excluding carboxylic acids is 6. The van der Waals surface area contributed by atoms with Gasteiger partial charge in [-0.25, -0.2) is 4.79 Å². The molecule has 2 rings (SSSR count). The average Bonchev–Trinajstić information content (AvgIpc) is 3.16. The van der Waals surface area contributed by atoms with E-state index in [1.165, 1.54) is 4.90 Å². The van der Waals surface area contributed by atoms with Crippen LogP contribution in [0.5, 0.6) is 0 Å². The van der Waals surface area contributed by atoms with E-state index in [-0.39, 0.29) is 42.6 Å². The van der Waals surface area contributed by atoms with Gasteiger partial charge in [-0.15, -0.1) is 0 Å². The Kier molecular flexibility index (Phi) is 11.5. The highest BCUT2D eigenvalue weighted by atomic mass is 16.6. The molecule has 4 amide bonds. The molecule has 12 nitrogen and oxygen atoms in total. The van der Waals surface area contributed by atoms with Gasteiger partial charge in [0.1, 0.15) is 23.3 Å². The highest BCUT2D eigenvalue weighted by Crippen LogP contribution is 2.65. The molecule has 3 N–H and O–H groups in total. The van der Waals surface area contributed by atoms with Gasteiger partial charge in [0.25, 0.3) is 5.91 Å². The number of carbonyl (C=O) groups is 6. The number of rotatable bonds is 11. The molecule has 2 aliphatic rings. The number of ketones is 1. The summed E-state index contributed by atoms with van der Waals surface area (Å²) in [6, 6.07) is -3.00. The predicted molar refractivity (Wildman–Crippen MR) is 169 cm³/mol. The summed E-state index contributed by atoms with van der Waals surface area (Å²) < 4.78 is 10.6.